The minimum atomic E-state index is -0.416. The van der Waals surface area contributed by atoms with Crippen LogP contribution in [0.2, 0.25) is 0 Å². The first kappa shape index (κ1) is 20.2. The van der Waals surface area contributed by atoms with Crippen LogP contribution in [0.3, 0.4) is 0 Å². The highest BCUT2D eigenvalue weighted by Gasteiger charge is 2.46. The van der Waals surface area contributed by atoms with Crippen molar-refractivity contribution in [1.29, 1.82) is 0 Å². The first-order valence-electron chi connectivity index (χ1n) is 10.5. The van der Waals surface area contributed by atoms with E-state index >= 15 is 0 Å². The van der Waals surface area contributed by atoms with Crippen LogP contribution in [0.15, 0.2) is 39.8 Å². The molecule has 3 aliphatic rings. The number of ether oxygens (including phenoxy) is 1. The fourth-order valence-corrected chi connectivity index (χ4v) is 5.64. The van der Waals surface area contributed by atoms with Crippen LogP contribution in [0.1, 0.15) is 37.8 Å². The molecule has 0 bridgehead atoms. The van der Waals surface area contributed by atoms with E-state index in [1.165, 1.54) is 17.8 Å². The molecular formula is C22H22FN3O4S. The molecule has 2 aliphatic heterocycles. The fourth-order valence-electron chi connectivity index (χ4n) is 4.44. The van der Waals surface area contributed by atoms with Gasteiger partial charge in [0.25, 0.3) is 0 Å². The van der Waals surface area contributed by atoms with E-state index in [-0.39, 0.29) is 42.7 Å². The Morgan fingerprint density at radius 3 is 3.00 bits per heavy atom. The number of aliphatic imine (C=N–C) groups is 1. The summed E-state index contributed by atoms with van der Waals surface area (Å²) in [5.41, 5.74) is 0.695. The van der Waals surface area contributed by atoms with Gasteiger partial charge in [-0.25, -0.2) is 4.39 Å². The lowest BCUT2D eigenvalue weighted by atomic mass is 9.83. The third-order valence-electron chi connectivity index (χ3n) is 6.02. The third-order valence-corrected chi connectivity index (χ3v) is 7.13. The van der Waals surface area contributed by atoms with Gasteiger partial charge in [-0.1, -0.05) is 41.9 Å². The van der Waals surface area contributed by atoms with Crippen molar-refractivity contribution in [3.8, 4) is 11.3 Å². The molecule has 1 aromatic carbocycles. The summed E-state index contributed by atoms with van der Waals surface area (Å²) in [4.78, 5) is 31.9. The number of amidine groups is 1. The van der Waals surface area contributed by atoms with Crippen molar-refractivity contribution in [1.82, 2.24) is 10.1 Å². The van der Waals surface area contributed by atoms with Gasteiger partial charge in [0.2, 0.25) is 5.91 Å². The molecule has 0 N–H and O–H groups in total. The summed E-state index contributed by atoms with van der Waals surface area (Å²) >= 11 is 1.54. The number of carbonyl (C=O) groups is 2. The number of halogens is 1. The Labute approximate surface area is 183 Å². The first-order chi connectivity index (χ1) is 15.1. The Hall–Kier alpha value is -2.68. The fraction of sp³-hybridized carbons (Fsp3) is 0.455. The summed E-state index contributed by atoms with van der Waals surface area (Å²) in [6.07, 6.45) is 4.11. The topological polar surface area (TPSA) is 85.0 Å². The maximum atomic E-state index is 13.9. The molecule has 1 saturated heterocycles. The summed E-state index contributed by atoms with van der Waals surface area (Å²) in [6.45, 7) is -0.0732. The number of amides is 1. The average Bonchev–Trinajstić information content (AvgIpc) is 3.40. The van der Waals surface area contributed by atoms with Crippen molar-refractivity contribution in [2.45, 2.75) is 50.8 Å². The van der Waals surface area contributed by atoms with Gasteiger partial charge in [0.15, 0.2) is 10.9 Å². The number of hydrogen-bond donors (Lipinski definition) is 0. The highest BCUT2D eigenvalue weighted by Crippen LogP contribution is 2.38. The molecule has 0 radical (unpaired) electrons. The summed E-state index contributed by atoms with van der Waals surface area (Å²) in [5.74, 6) is 0.134. The predicted molar refractivity (Wildman–Crippen MR) is 113 cm³/mol. The van der Waals surface area contributed by atoms with Crippen molar-refractivity contribution in [2.75, 3.05) is 5.75 Å². The minimum absolute atomic E-state index is 0.0540. The molecule has 9 heteroatoms. The quantitative estimate of drug-likeness (QED) is 0.654. The van der Waals surface area contributed by atoms with Crippen LogP contribution in [0.5, 0.6) is 0 Å². The van der Waals surface area contributed by atoms with E-state index < -0.39 is 11.8 Å². The van der Waals surface area contributed by atoms with Gasteiger partial charge in [0.1, 0.15) is 18.1 Å². The molecular weight excluding hydrogens is 421 g/mol. The Balaban J connectivity index is 1.19. The van der Waals surface area contributed by atoms with Gasteiger partial charge in [-0.15, -0.1) is 0 Å². The zero-order valence-electron chi connectivity index (χ0n) is 16.8. The zero-order chi connectivity index (χ0) is 21.4. The summed E-state index contributed by atoms with van der Waals surface area (Å²) in [5, 5.41) is 4.60. The van der Waals surface area contributed by atoms with Crippen molar-refractivity contribution in [2.24, 2.45) is 10.9 Å². The maximum absolute atomic E-state index is 13.9. The molecule has 3 heterocycles. The molecule has 1 aromatic heterocycles. The number of benzene rings is 1. The van der Waals surface area contributed by atoms with Gasteiger partial charge in [0, 0.05) is 11.8 Å². The van der Waals surface area contributed by atoms with Crippen LogP contribution in [-0.4, -0.2) is 44.9 Å². The maximum Gasteiger partial charge on any atom is 0.308 e. The molecule has 3 unspecified atom stereocenters. The van der Waals surface area contributed by atoms with Gasteiger partial charge in [0.05, 0.1) is 30.0 Å². The third kappa shape index (κ3) is 3.98. The number of carbonyl (C=O) groups excluding carboxylic acids is 2. The number of esters is 1. The van der Waals surface area contributed by atoms with E-state index in [1.807, 2.05) is 0 Å². The number of rotatable bonds is 5. The Bertz CT molecular complexity index is 1040. The summed E-state index contributed by atoms with van der Waals surface area (Å²) < 4.78 is 24.4. The number of aromatic nitrogens is 1. The van der Waals surface area contributed by atoms with E-state index in [9.17, 15) is 14.0 Å². The largest absolute Gasteiger partial charge is 0.459 e. The van der Waals surface area contributed by atoms with Crippen LogP contribution in [-0.2, 0) is 20.9 Å². The van der Waals surface area contributed by atoms with Crippen LogP contribution in [0.25, 0.3) is 11.3 Å². The Morgan fingerprint density at radius 1 is 1.29 bits per heavy atom. The summed E-state index contributed by atoms with van der Waals surface area (Å²) in [6, 6.07) is 7.64. The van der Waals surface area contributed by atoms with Crippen molar-refractivity contribution in [3.63, 3.8) is 0 Å². The van der Waals surface area contributed by atoms with Gasteiger partial charge in [-0.05, 0) is 25.0 Å². The highest BCUT2D eigenvalue weighted by atomic mass is 32.2. The molecule has 2 fully saturated rings. The number of thioether (sulfide) groups is 1. The van der Waals surface area contributed by atoms with Gasteiger partial charge < -0.3 is 9.26 Å². The lowest BCUT2D eigenvalue weighted by Gasteiger charge is -2.37. The number of nitrogens with zero attached hydrogens (tertiary/aromatic N) is 3. The molecule has 3 atom stereocenters. The van der Waals surface area contributed by atoms with Crippen molar-refractivity contribution in [3.05, 3.63) is 41.8 Å². The second-order valence-corrected chi connectivity index (χ2v) is 9.06. The van der Waals surface area contributed by atoms with Crippen LogP contribution >= 0.6 is 11.8 Å². The zero-order valence-corrected chi connectivity index (χ0v) is 17.6. The first-order valence-corrected chi connectivity index (χ1v) is 11.5. The van der Waals surface area contributed by atoms with E-state index in [0.717, 1.165) is 30.9 Å². The predicted octanol–water partition coefficient (Wildman–Crippen LogP) is 3.79. The SMILES string of the molecule is O=C(CC1CSC2=NC3CCCCC3C(=O)N21)OCc1cc(-c2ccccc2F)on1. The summed E-state index contributed by atoms with van der Waals surface area (Å²) in [7, 11) is 0. The average molecular weight is 444 g/mol. The smallest absolute Gasteiger partial charge is 0.308 e. The molecule has 1 saturated carbocycles. The van der Waals surface area contributed by atoms with E-state index in [1.54, 1.807) is 29.2 Å². The molecule has 7 nitrogen and oxygen atoms in total. The van der Waals surface area contributed by atoms with Gasteiger partial charge in [-0.3, -0.25) is 19.5 Å². The lowest BCUT2D eigenvalue weighted by Crippen LogP contribution is -2.50. The van der Waals surface area contributed by atoms with Crippen LogP contribution in [0, 0.1) is 11.7 Å². The second-order valence-electron chi connectivity index (χ2n) is 8.07. The normalized spacial score (nSPS) is 25.1. The molecule has 5 rings (SSSR count). The van der Waals surface area contributed by atoms with Gasteiger partial charge in [-0.2, -0.15) is 0 Å². The Kier molecular flexibility index (Phi) is 5.52. The van der Waals surface area contributed by atoms with E-state index in [0.29, 0.717) is 17.0 Å². The number of fused-ring (bicyclic) bond motifs is 2. The van der Waals surface area contributed by atoms with Crippen molar-refractivity contribution < 1.29 is 23.2 Å². The van der Waals surface area contributed by atoms with E-state index in [2.05, 4.69) is 5.16 Å². The monoisotopic (exact) mass is 443 g/mol. The highest BCUT2D eigenvalue weighted by molar-refractivity contribution is 8.14. The Morgan fingerprint density at radius 2 is 2.13 bits per heavy atom. The van der Waals surface area contributed by atoms with Gasteiger partial charge >= 0.3 is 5.97 Å². The van der Waals surface area contributed by atoms with Crippen LogP contribution in [0.4, 0.5) is 4.39 Å². The van der Waals surface area contributed by atoms with E-state index in [4.69, 9.17) is 14.3 Å². The molecule has 1 aliphatic carbocycles. The van der Waals surface area contributed by atoms with Crippen molar-refractivity contribution >= 4 is 28.8 Å². The number of hydrogen-bond acceptors (Lipinski definition) is 7. The van der Waals surface area contributed by atoms with Crippen LogP contribution < -0.4 is 0 Å². The molecule has 2 aromatic rings. The molecule has 162 valence electrons. The second kappa shape index (κ2) is 8.45. The molecule has 1 amide bonds. The standard InChI is InChI=1S/C22H22FN3O4S/c23-17-7-3-1-5-15(17)19-9-13(25-30-19)11-29-20(27)10-14-12-31-22-24-18-8-4-2-6-16(18)21(28)26(14)22/h1,3,5,7,9,14,16,18H,2,4,6,8,10-12H2. The molecule has 31 heavy (non-hydrogen) atoms. The lowest BCUT2D eigenvalue weighted by molar-refractivity contribution is -0.147. The molecule has 0 spiro atoms. The minimum Gasteiger partial charge on any atom is -0.459 e.